The summed E-state index contributed by atoms with van der Waals surface area (Å²) in [7, 11) is 0. The molecule has 0 saturated carbocycles. The summed E-state index contributed by atoms with van der Waals surface area (Å²) in [6.07, 6.45) is 5.57. The number of ether oxygens (including phenoxy) is 1. The van der Waals surface area contributed by atoms with Crippen LogP contribution in [0.4, 0.5) is 5.69 Å². The maximum absolute atomic E-state index is 14.1. The third-order valence-corrected chi connectivity index (χ3v) is 12.2. The van der Waals surface area contributed by atoms with Crippen LogP contribution in [0.1, 0.15) is 60.4 Å². The van der Waals surface area contributed by atoms with Crippen molar-refractivity contribution in [2.75, 3.05) is 37.6 Å². The van der Waals surface area contributed by atoms with E-state index in [2.05, 4.69) is 24.3 Å². The topological polar surface area (TPSA) is 72.9 Å². The molecular weight excluding hydrogens is 681 g/mol. The molecule has 4 aromatic rings. The molecule has 266 valence electrons. The number of hydrogen-bond acceptors (Lipinski definition) is 4. The second-order valence-electron chi connectivity index (χ2n) is 15.0. The zero-order chi connectivity index (χ0) is 34.3. The minimum Gasteiger partial charge on any atom is -0.872 e. The van der Waals surface area contributed by atoms with Gasteiger partial charge in [0.25, 0.3) is 0 Å². The van der Waals surface area contributed by atoms with Crippen molar-refractivity contribution >= 4 is 41.5 Å². The summed E-state index contributed by atoms with van der Waals surface area (Å²) in [5.41, 5.74) is 4.51. The van der Waals surface area contributed by atoms with E-state index in [1.54, 1.807) is 18.2 Å². The first-order chi connectivity index (χ1) is 24.3. The van der Waals surface area contributed by atoms with Crippen molar-refractivity contribution in [2.45, 2.75) is 57.7 Å². The fourth-order valence-corrected chi connectivity index (χ4v) is 9.20. The van der Waals surface area contributed by atoms with Crippen LogP contribution in [0.25, 0.3) is 0 Å². The number of quaternary nitrogens is 1. The molecule has 5 saturated heterocycles. The Bertz CT molecular complexity index is 1830. The Hall–Kier alpha value is -4.04. The number of likely N-dealkylation sites (tertiary alicyclic amines) is 1. The van der Waals surface area contributed by atoms with Crippen LogP contribution in [0, 0.1) is 11.3 Å². The normalized spacial score (nSPS) is 23.4. The molecule has 0 aromatic heterocycles. The minimum absolute atomic E-state index is 0. The Balaban J connectivity index is 0.00000406. The maximum Gasteiger partial charge on any atom is 0.236 e. The molecule has 1 spiro atoms. The number of fused-ring (bicyclic) bond motifs is 3. The highest BCUT2D eigenvalue weighted by Crippen LogP contribution is 2.57. The van der Waals surface area contributed by atoms with Gasteiger partial charge in [-0.15, -0.1) is 18.2 Å². The third-order valence-electron chi connectivity index (χ3n) is 12.0. The van der Waals surface area contributed by atoms with Gasteiger partial charge in [-0.2, -0.15) is 0 Å². The third kappa shape index (κ3) is 7.09. The molecule has 1 unspecified atom stereocenters. The lowest BCUT2D eigenvalue weighted by Crippen LogP contribution is -2.67. The van der Waals surface area contributed by atoms with Crippen LogP contribution in [-0.4, -0.2) is 53.9 Å². The number of hydrogen-bond donors (Lipinski definition) is 0. The molecular formula is C42H45Cl2N3O4. The molecule has 5 heterocycles. The Kier molecular flexibility index (Phi) is 10.1. The van der Waals surface area contributed by atoms with Crippen LogP contribution in [-0.2, 0) is 29.2 Å². The van der Waals surface area contributed by atoms with Gasteiger partial charge < -0.3 is 24.1 Å². The molecule has 5 aliphatic heterocycles. The number of rotatable bonds is 9. The van der Waals surface area contributed by atoms with Crippen molar-refractivity contribution in [3.05, 3.63) is 124 Å². The quantitative estimate of drug-likeness (QED) is 0.133. The van der Waals surface area contributed by atoms with Crippen molar-refractivity contribution in [1.29, 1.82) is 0 Å². The summed E-state index contributed by atoms with van der Waals surface area (Å²) in [5.74, 6) is 1.75. The van der Waals surface area contributed by atoms with E-state index in [0.717, 1.165) is 40.6 Å². The smallest absolute Gasteiger partial charge is 0.236 e. The molecule has 9 heteroatoms. The van der Waals surface area contributed by atoms with E-state index >= 15 is 0 Å². The predicted molar refractivity (Wildman–Crippen MR) is 200 cm³/mol. The Morgan fingerprint density at radius 2 is 1.49 bits per heavy atom. The van der Waals surface area contributed by atoms with Crippen molar-refractivity contribution in [2.24, 2.45) is 11.3 Å². The van der Waals surface area contributed by atoms with E-state index in [1.807, 2.05) is 64.4 Å². The number of piperidine rings is 4. The van der Waals surface area contributed by atoms with Gasteiger partial charge in [-0.3, -0.25) is 9.59 Å². The van der Waals surface area contributed by atoms with E-state index in [-0.39, 0.29) is 42.4 Å². The number of carbonyl (C=O) groups excluding carboxylic acids is 2. The van der Waals surface area contributed by atoms with Crippen molar-refractivity contribution in [3.63, 3.8) is 0 Å². The number of β-lactam (4-membered cyclic amide) rings is 1. The fraction of sp³-hybridized carbons (Fsp3) is 0.381. The molecule has 0 radical (unpaired) electrons. The van der Waals surface area contributed by atoms with Gasteiger partial charge in [0, 0.05) is 29.4 Å². The van der Waals surface area contributed by atoms with Gasteiger partial charge in [-0.25, -0.2) is 0 Å². The number of benzene rings is 4. The zero-order valence-corrected chi connectivity index (χ0v) is 30.4. The largest absolute Gasteiger partial charge is 0.872 e. The van der Waals surface area contributed by atoms with Crippen LogP contribution in [0.5, 0.6) is 11.5 Å². The van der Waals surface area contributed by atoms with E-state index in [9.17, 15) is 14.7 Å². The fourth-order valence-electron chi connectivity index (χ4n) is 8.99. The van der Waals surface area contributed by atoms with Crippen molar-refractivity contribution < 1.29 is 23.9 Å². The summed E-state index contributed by atoms with van der Waals surface area (Å²) < 4.78 is 7.43. The number of anilines is 1. The molecule has 5 fully saturated rings. The first kappa shape index (κ1) is 35.4. The van der Waals surface area contributed by atoms with Crippen molar-refractivity contribution in [3.8, 4) is 11.5 Å². The molecule has 4 aromatic carbocycles. The number of carbonyl (C=O) groups is 2. The standard InChI is InChI=1S/C42H44ClN3O4.ClH/c43-35-3-1-2-33(26-35)27-39(48)44-21-19-42(20-22-44)40(34-8-12-37(47)13-9-34)45(41(42)49)36-10-14-38(15-11-36)50-29-32-6-4-31(5-7-32)28-46-23-16-30(17-24-46)18-25-46;/h1-15,26,30,40H,16-25,27-29H2;1H. The number of amides is 2. The molecule has 2 bridgehead atoms. The Morgan fingerprint density at radius 3 is 2.14 bits per heavy atom. The van der Waals surface area contributed by atoms with Gasteiger partial charge in [-0.05, 0) is 91.1 Å². The highest BCUT2D eigenvalue weighted by molar-refractivity contribution is 6.30. The average Bonchev–Trinajstić information content (AvgIpc) is 3.15. The molecule has 1 atom stereocenters. The van der Waals surface area contributed by atoms with E-state index in [0.29, 0.717) is 37.6 Å². The first-order valence-corrected chi connectivity index (χ1v) is 18.5. The Morgan fingerprint density at radius 1 is 0.843 bits per heavy atom. The van der Waals surface area contributed by atoms with Crippen LogP contribution in [0.15, 0.2) is 97.1 Å². The van der Waals surface area contributed by atoms with Crippen LogP contribution in [0.3, 0.4) is 0 Å². The summed E-state index contributed by atoms with van der Waals surface area (Å²) in [4.78, 5) is 31.0. The zero-order valence-electron chi connectivity index (χ0n) is 28.8. The Labute approximate surface area is 311 Å². The first-order valence-electron chi connectivity index (χ1n) is 18.1. The van der Waals surface area contributed by atoms with Crippen LogP contribution in [0.2, 0.25) is 5.02 Å². The lowest BCUT2D eigenvalue weighted by Gasteiger charge is -2.59. The van der Waals surface area contributed by atoms with Crippen LogP contribution < -0.4 is 14.7 Å². The maximum atomic E-state index is 14.1. The van der Waals surface area contributed by atoms with E-state index in [4.69, 9.17) is 16.3 Å². The van der Waals surface area contributed by atoms with Gasteiger partial charge in [0.2, 0.25) is 11.8 Å². The lowest BCUT2D eigenvalue weighted by molar-refractivity contribution is -0.955. The van der Waals surface area contributed by atoms with Gasteiger partial charge >= 0.3 is 0 Å². The molecule has 2 amide bonds. The summed E-state index contributed by atoms with van der Waals surface area (Å²) >= 11 is 6.14. The second-order valence-corrected chi connectivity index (χ2v) is 15.4. The molecule has 9 rings (SSSR count). The monoisotopic (exact) mass is 725 g/mol. The molecule has 7 nitrogen and oxygen atoms in total. The molecule has 0 aliphatic carbocycles. The lowest BCUT2D eigenvalue weighted by atomic mass is 9.62. The predicted octanol–water partition coefficient (Wildman–Crippen LogP) is 7.48. The molecule has 51 heavy (non-hydrogen) atoms. The average molecular weight is 727 g/mol. The molecule has 5 aliphatic rings. The number of nitrogens with zero attached hydrogens (tertiary/aromatic N) is 3. The summed E-state index contributed by atoms with van der Waals surface area (Å²) in [5, 5.41) is 12.6. The highest BCUT2D eigenvalue weighted by Gasteiger charge is 2.62. The second kappa shape index (κ2) is 14.5. The summed E-state index contributed by atoms with van der Waals surface area (Å²) in [6.45, 7) is 6.60. The minimum atomic E-state index is -0.631. The highest BCUT2D eigenvalue weighted by atomic mass is 35.5. The van der Waals surface area contributed by atoms with Gasteiger partial charge in [0.05, 0.1) is 37.5 Å². The molecule has 0 N–H and O–H groups in total. The van der Waals surface area contributed by atoms with Gasteiger partial charge in [-0.1, -0.05) is 72.3 Å². The van der Waals surface area contributed by atoms with Gasteiger partial charge in [0.1, 0.15) is 18.9 Å². The van der Waals surface area contributed by atoms with Crippen LogP contribution >= 0.6 is 24.0 Å². The van der Waals surface area contributed by atoms with E-state index in [1.165, 1.54) is 48.9 Å². The SMILES string of the molecule is Cl.O=C(Cc1cccc(Cl)c1)N1CCC2(CC1)C(=O)N(c1ccc(OCc3ccc(C[N+]45CCC(CC4)CC5)cc3)cc1)C2c1ccc([O-])cc1. The number of halogens is 2. The van der Waals surface area contributed by atoms with E-state index < -0.39 is 5.41 Å². The van der Waals surface area contributed by atoms with Crippen molar-refractivity contribution in [1.82, 2.24) is 4.90 Å². The van der Waals surface area contributed by atoms with Gasteiger partial charge in [0.15, 0.2) is 0 Å². The summed E-state index contributed by atoms with van der Waals surface area (Å²) in [6, 6.07) is 30.6.